The van der Waals surface area contributed by atoms with Crippen LogP contribution in [0.4, 0.5) is 49.6 Å². The van der Waals surface area contributed by atoms with E-state index in [-0.39, 0.29) is 30.3 Å². The van der Waals surface area contributed by atoms with Crippen molar-refractivity contribution in [2.75, 3.05) is 22.5 Å². The number of hydrogen-bond acceptors (Lipinski definition) is 6. The van der Waals surface area contributed by atoms with Crippen LogP contribution < -0.4 is 16.0 Å². The molecular weight excluding hydrogens is 486 g/mol. The highest BCUT2D eigenvalue weighted by molar-refractivity contribution is 5.63. The van der Waals surface area contributed by atoms with Gasteiger partial charge in [-0.15, -0.1) is 0 Å². The third kappa shape index (κ3) is 4.89. The van der Waals surface area contributed by atoms with Gasteiger partial charge in [-0.2, -0.15) is 31.3 Å². The van der Waals surface area contributed by atoms with Gasteiger partial charge in [0.15, 0.2) is 0 Å². The Labute approximate surface area is 202 Å². The molecule has 1 unspecified atom stereocenters. The number of halogens is 6. The summed E-state index contributed by atoms with van der Waals surface area (Å²) >= 11 is 0. The number of fused-ring (bicyclic) bond motifs is 1. The van der Waals surface area contributed by atoms with Crippen molar-refractivity contribution in [2.24, 2.45) is 5.92 Å². The van der Waals surface area contributed by atoms with Crippen molar-refractivity contribution in [2.45, 2.75) is 44.1 Å². The molecule has 36 heavy (non-hydrogen) atoms. The molecule has 3 N–H and O–H groups in total. The first-order valence-electron chi connectivity index (χ1n) is 11.4. The number of nitrogens with zero attached hydrogens (tertiary/aromatic N) is 4. The van der Waals surface area contributed by atoms with Crippen LogP contribution in [0.25, 0.3) is 0 Å². The first-order valence-corrected chi connectivity index (χ1v) is 11.4. The normalized spacial score (nSPS) is 18.5. The third-order valence-electron chi connectivity index (χ3n) is 6.52. The molecule has 1 fully saturated rings. The molecule has 2 aromatic heterocycles. The van der Waals surface area contributed by atoms with E-state index in [4.69, 9.17) is 5.73 Å². The highest BCUT2D eigenvalue weighted by atomic mass is 19.4. The second-order valence-electron chi connectivity index (χ2n) is 8.98. The lowest BCUT2D eigenvalue weighted by molar-refractivity contribution is -0.138. The molecule has 3 aromatic rings. The molecule has 0 amide bonds. The first-order chi connectivity index (χ1) is 17.0. The van der Waals surface area contributed by atoms with Crippen molar-refractivity contribution in [1.29, 1.82) is 0 Å². The summed E-state index contributed by atoms with van der Waals surface area (Å²) in [6, 6.07) is 6.52. The molecule has 1 saturated carbocycles. The third-order valence-corrected chi connectivity index (χ3v) is 6.52. The number of alkyl halides is 6. The molecule has 1 aliphatic carbocycles. The standard InChI is InChI=1S/C24H22F6N6/c25-23(26,27)14-5-7-15(8-6-14)33-20-16-9-11-36(21-17(24(28,29)30)2-1-10-32-21)19(13-3-4-13)12-18(16)34-22(31)35-20/h1-2,5-8,10,13,19H,3-4,9,11-12H2,(H3,31,33,34,35). The van der Waals surface area contributed by atoms with E-state index >= 15 is 0 Å². The quantitative estimate of drug-likeness (QED) is 0.446. The zero-order chi connectivity index (χ0) is 25.7. The molecule has 2 aliphatic rings. The molecule has 0 radical (unpaired) electrons. The largest absolute Gasteiger partial charge is 0.419 e. The number of benzene rings is 1. The van der Waals surface area contributed by atoms with Crippen LogP contribution in [0, 0.1) is 5.92 Å². The summed E-state index contributed by atoms with van der Waals surface area (Å²) in [6.45, 7) is 0.239. The number of nitrogens with one attached hydrogen (secondary N) is 1. The first kappa shape index (κ1) is 24.1. The maximum atomic E-state index is 13.8. The van der Waals surface area contributed by atoms with Gasteiger partial charge >= 0.3 is 12.4 Å². The Morgan fingerprint density at radius 1 is 0.944 bits per heavy atom. The van der Waals surface area contributed by atoms with Crippen LogP contribution in [0.3, 0.4) is 0 Å². The predicted octanol–water partition coefficient (Wildman–Crippen LogP) is 5.62. The molecule has 12 heteroatoms. The van der Waals surface area contributed by atoms with E-state index in [0.717, 1.165) is 31.0 Å². The van der Waals surface area contributed by atoms with Gasteiger partial charge in [0.05, 0.1) is 16.8 Å². The van der Waals surface area contributed by atoms with Crippen LogP contribution in [-0.4, -0.2) is 27.5 Å². The second kappa shape index (κ2) is 8.82. The summed E-state index contributed by atoms with van der Waals surface area (Å²) in [4.78, 5) is 14.5. The Morgan fingerprint density at radius 2 is 1.67 bits per heavy atom. The lowest BCUT2D eigenvalue weighted by Gasteiger charge is -2.33. The molecule has 0 saturated heterocycles. The Balaban J connectivity index is 1.49. The van der Waals surface area contributed by atoms with Crippen molar-refractivity contribution in [3.05, 3.63) is 65.0 Å². The van der Waals surface area contributed by atoms with Gasteiger partial charge in [0.2, 0.25) is 5.95 Å². The van der Waals surface area contributed by atoms with Crippen LogP contribution in [0.5, 0.6) is 0 Å². The molecule has 190 valence electrons. The van der Waals surface area contributed by atoms with Crippen molar-refractivity contribution >= 4 is 23.3 Å². The van der Waals surface area contributed by atoms with Gasteiger partial charge in [0.1, 0.15) is 11.6 Å². The molecule has 1 aromatic carbocycles. The number of aromatic nitrogens is 3. The van der Waals surface area contributed by atoms with Crippen molar-refractivity contribution in [3.63, 3.8) is 0 Å². The van der Waals surface area contributed by atoms with E-state index in [1.165, 1.54) is 24.4 Å². The monoisotopic (exact) mass is 508 g/mol. The van der Waals surface area contributed by atoms with E-state index in [9.17, 15) is 26.3 Å². The van der Waals surface area contributed by atoms with Crippen LogP contribution >= 0.6 is 0 Å². The minimum atomic E-state index is -4.56. The minimum Gasteiger partial charge on any atom is -0.368 e. The zero-order valence-electron chi connectivity index (χ0n) is 18.9. The second-order valence-corrected chi connectivity index (χ2v) is 8.98. The van der Waals surface area contributed by atoms with Gasteiger partial charge in [0.25, 0.3) is 0 Å². The molecule has 3 heterocycles. The smallest absolute Gasteiger partial charge is 0.368 e. The van der Waals surface area contributed by atoms with E-state index in [2.05, 4.69) is 20.3 Å². The van der Waals surface area contributed by atoms with Gasteiger partial charge in [-0.05, 0) is 61.6 Å². The molecule has 0 bridgehead atoms. The fraction of sp³-hybridized carbons (Fsp3) is 0.375. The molecular formula is C24H22F6N6. The summed E-state index contributed by atoms with van der Waals surface area (Å²) in [5.74, 6) is 0.375. The summed E-state index contributed by atoms with van der Waals surface area (Å²) in [6.07, 6.45) is -5.24. The SMILES string of the molecule is Nc1nc2c(c(Nc3ccc(C(F)(F)F)cc3)n1)CCN(c1ncccc1C(F)(F)F)C(C1CC1)C2. The molecule has 0 spiro atoms. The fourth-order valence-corrected chi connectivity index (χ4v) is 4.68. The van der Waals surface area contributed by atoms with Crippen molar-refractivity contribution in [1.82, 2.24) is 15.0 Å². The molecule has 1 atom stereocenters. The molecule has 6 nitrogen and oxygen atoms in total. The summed E-state index contributed by atoms with van der Waals surface area (Å²) < 4.78 is 80.1. The summed E-state index contributed by atoms with van der Waals surface area (Å²) in [5.41, 5.74) is 6.01. The minimum absolute atomic E-state index is 0.0278. The topological polar surface area (TPSA) is 80.0 Å². The van der Waals surface area contributed by atoms with Gasteiger partial charge in [-0.1, -0.05) is 0 Å². The highest BCUT2D eigenvalue weighted by Crippen LogP contribution is 2.43. The molecule has 5 rings (SSSR count). The van der Waals surface area contributed by atoms with Gasteiger partial charge in [0, 0.05) is 36.5 Å². The maximum absolute atomic E-state index is 13.8. The van der Waals surface area contributed by atoms with Gasteiger partial charge in [-0.3, -0.25) is 0 Å². The summed E-state index contributed by atoms with van der Waals surface area (Å²) in [5, 5.41) is 3.02. The average Bonchev–Trinajstić information content (AvgIpc) is 3.65. The van der Waals surface area contributed by atoms with E-state index in [1.54, 1.807) is 4.90 Å². The van der Waals surface area contributed by atoms with E-state index in [1.807, 2.05) is 0 Å². The fourth-order valence-electron chi connectivity index (χ4n) is 4.68. The van der Waals surface area contributed by atoms with Crippen LogP contribution in [0.2, 0.25) is 0 Å². The zero-order valence-corrected chi connectivity index (χ0v) is 18.9. The lowest BCUT2D eigenvalue weighted by atomic mass is 10.0. The Kier molecular flexibility index (Phi) is 5.92. The van der Waals surface area contributed by atoms with E-state index < -0.39 is 23.5 Å². The highest BCUT2D eigenvalue weighted by Gasteiger charge is 2.42. The van der Waals surface area contributed by atoms with Crippen molar-refractivity contribution < 1.29 is 26.3 Å². The van der Waals surface area contributed by atoms with Crippen molar-refractivity contribution in [3.8, 4) is 0 Å². The number of nitrogens with two attached hydrogens (primary N) is 1. The number of pyridine rings is 1. The number of rotatable bonds is 4. The Hall–Kier alpha value is -3.57. The van der Waals surface area contributed by atoms with Crippen LogP contribution in [0.1, 0.15) is 35.2 Å². The Morgan fingerprint density at radius 3 is 2.31 bits per heavy atom. The van der Waals surface area contributed by atoms with E-state index in [0.29, 0.717) is 35.6 Å². The van der Waals surface area contributed by atoms with Gasteiger partial charge in [-0.25, -0.2) is 9.97 Å². The number of nitrogen functional groups attached to an aromatic ring is 1. The average molecular weight is 508 g/mol. The van der Waals surface area contributed by atoms with Crippen LogP contribution in [-0.2, 0) is 25.2 Å². The maximum Gasteiger partial charge on any atom is 0.419 e. The van der Waals surface area contributed by atoms with Crippen LogP contribution in [0.15, 0.2) is 42.6 Å². The number of anilines is 4. The lowest BCUT2D eigenvalue weighted by Crippen LogP contribution is -2.40. The Bertz CT molecular complexity index is 1250. The predicted molar refractivity (Wildman–Crippen MR) is 122 cm³/mol. The number of hydrogen-bond donors (Lipinski definition) is 2. The van der Waals surface area contributed by atoms with Gasteiger partial charge < -0.3 is 16.0 Å². The molecule has 1 aliphatic heterocycles. The summed E-state index contributed by atoms with van der Waals surface area (Å²) in [7, 11) is 0.